The van der Waals surface area contributed by atoms with Crippen LogP contribution in [0.1, 0.15) is 70.0 Å². The summed E-state index contributed by atoms with van der Waals surface area (Å²) in [6, 6.07) is 5.96. The molecule has 0 aromatic heterocycles. The number of aryl methyl sites for hydroxylation is 1. The molecule has 7 nitrogen and oxygen atoms in total. The maximum absolute atomic E-state index is 13.4. The Hall–Kier alpha value is -2.22. The molecule has 1 saturated carbocycles. The van der Waals surface area contributed by atoms with Gasteiger partial charge in [-0.3, -0.25) is 9.59 Å². The fourth-order valence-electron chi connectivity index (χ4n) is 3.93. The molecule has 1 fully saturated rings. The van der Waals surface area contributed by atoms with Crippen molar-refractivity contribution in [2.45, 2.75) is 83.5 Å². The zero-order valence-electron chi connectivity index (χ0n) is 19.8. The summed E-state index contributed by atoms with van der Waals surface area (Å²) >= 11 is 4.25. The largest absolute Gasteiger partial charge is 0.444 e. The van der Waals surface area contributed by atoms with Crippen LogP contribution in [0.4, 0.5) is 4.79 Å². The zero-order valence-corrected chi connectivity index (χ0v) is 20.7. The van der Waals surface area contributed by atoms with Gasteiger partial charge in [0.1, 0.15) is 17.7 Å². The van der Waals surface area contributed by atoms with E-state index in [1.807, 2.05) is 31.2 Å². The number of carbonyl (C=O) groups excluding carboxylic acids is 3. The molecule has 0 spiro atoms. The smallest absolute Gasteiger partial charge is 0.408 e. The number of benzene rings is 1. The lowest BCUT2D eigenvalue weighted by atomic mass is 9.94. The van der Waals surface area contributed by atoms with E-state index in [1.165, 1.54) is 11.3 Å². The third-order valence-corrected chi connectivity index (χ3v) is 5.83. The predicted octanol–water partition coefficient (Wildman–Crippen LogP) is 3.77. The fraction of sp³-hybridized carbons (Fsp3) is 0.625. The Labute approximate surface area is 197 Å². The Bertz CT molecular complexity index is 803. The molecule has 2 unspecified atom stereocenters. The highest BCUT2D eigenvalue weighted by atomic mass is 32.1. The van der Waals surface area contributed by atoms with E-state index in [2.05, 4.69) is 23.3 Å². The van der Waals surface area contributed by atoms with Crippen LogP contribution in [0, 0.1) is 6.92 Å². The summed E-state index contributed by atoms with van der Waals surface area (Å²) in [5, 5.41) is 5.72. The van der Waals surface area contributed by atoms with Crippen molar-refractivity contribution in [1.82, 2.24) is 15.5 Å². The number of rotatable bonds is 7. The topological polar surface area (TPSA) is 87.7 Å². The molecular formula is C24H37N3O4S. The molecule has 2 N–H and O–H groups in total. The van der Waals surface area contributed by atoms with Gasteiger partial charge in [-0.25, -0.2) is 4.79 Å². The van der Waals surface area contributed by atoms with E-state index in [0.717, 1.165) is 36.8 Å². The first-order valence-corrected chi connectivity index (χ1v) is 11.9. The van der Waals surface area contributed by atoms with Gasteiger partial charge in [-0.2, -0.15) is 12.6 Å². The van der Waals surface area contributed by atoms with Crippen molar-refractivity contribution in [2.75, 3.05) is 12.8 Å². The van der Waals surface area contributed by atoms with Crippen molar-refractivity contribution in [3.05, 3.63) is 35.4 Å². The normalized spacial score (nSPS) is 16.6. The molecule has 2 atom stereocenters. The van der Waals surface area contributed by atoms with Gasteiger partial charge in [-0.15, -0.1) is 0 Å². The molecule has 1 aromatic carbocycles. The van der Waals surface area contributed by atoms with E-state index in [-0.39, 0.29) is 17.7 Å². The number of nitrogens with one attached hydrogen (secondary N) is 2. The number of thiol groups is 1. The lowest BCUT2D eigenvalue weighted by Gasteiger charge is -2.33. The predicted molar refractivity (Wildman–Crippen MR) is 129 cm³/mol. The highest BCUT2D eigenvalue weighted by molar-refractivity contribution is 7.80. The molecule has 0 aliphatic heterocycles. The van der Waals surface area contributed by atoms with Crippen LogP contribution >= 0.6 is 12.6 Å². The van der Waals surface area contributed by atoms with Gasteiger partial charge < -0.3 is 20.3 Å². The van der Waals surface area contributed by atoms with Crippen LogP contribution in [0.25, 0.3) is 0 Å². The summed E-state index contributed by atoms with van der Waals surface area (Å²) in [6.45, 7) is 7.20. The van der Waals surface area contributed by atoms with Crippen molar-refractivity contribution in [3.63, 3.8) is 0 Å². The van der Waals surface area contributed by atoms with Crippen LogP contribution in [-0.4, -0.2) is 53.3 Å². The highest BCUT2D eigenvalue weighted by Gasteiger charge is 2.34. The molecular weight excluding hydrogens is 426 g/mol. The monoisotopic (exact) mass is 463 g/mol. The lowest BCUT2D eigenvalue weighted by Crippen LogP contribution is -2.53. The van der Waals surface area contributed by atoms with Gasteiger partial charge in [0.2, 0.25) is 11.8 Å². The van der Waals surface area contributed by atoms with Crippen LogP contribution in [0.3, 0.4) is 0 Å². The van der Waals surface area contributed by atoms with Crippen molar-refractivity contribution in [1.29, 1.82) is 0 Å². The first-order valence-electron chi connectivity index (χ1n) is 11.3. The van der Waals surface area contributed by atoms with Gasteiger partial charge in [0, 0.05) is 18.8 Å². The molecule has 0 saturated heterocycles. The van der Waals surface area contributed by atoms with Crippen molar-refractivity contribution < 1.29 is 19.1 Å². The van der Waals surface area contributed by atoms with Crippen LogP contribution in [0.15, 0.2) is 24.3 Å². The molecule has 8 heteroatoms. The second-order valence-electron chi connectivity index (χ2n) is 9.49. The van der Waals surface area contributed by atoms with Gasteiger partial charge in [-0.05, 0) is 46.1 Å². The maximum Gasteiger partial charge on any atom is 0.408 e. The first-order chi connectivity index (χ1) is 15.0. The first kappa shape index (κ1) is 26.0. The van der Waals surface area contributed by atoms with E-state index in [1.54, 1.807) is 27.8 Å². The van der Waals surface area contributed by atoms with E-state index >= 15 is 0 Å². The number of hydrogen-bond acceptors (Lipinski definition) is 5. The number of likely N-dealkylation sites (N-methyl/N-ethyl adjacent to an activating group) is 1. The van der Waals surface area contributed by atoms with E-state index in [0.29, 0.717) is 0 Å². The second kappa shape index (κ2) is 11.6. The number of amides is 3. The summed E-state index contributed by atoms with van der Waals surface area (Å²) in [4.78, 5) is 40.3. The SMILES string of the molecule is Cc1cccc(C(C(=O)NC2CCCCC2)N(C)C(=O)C(CS)NC(=O)OC(C)(C)C)c1. The Kier molecular flexibility index (Phi) is 9.43. The third kappa shape index (κ3) is 7.73. The van der Waals surface area contributed by atoms with Crippen molar-refractivity contribution in [2.24, 2.45) is 0 Å². The number of ether oxygens (including phenoxy) is 1. The fourth-order valence-corrected chi connectivity index (χ4v) is 4.17. The van der Waals surface area contributed by atoms with E-state index < -0.39 is 29.7 Å². The number of nitrogens with zero attached hydrogens (tertiary/aromatic N) is 1. The van der Waals surface area contributed by atoms with Crippen LogP contribution < -0.4 is 10.6 Å². The molecule has 2 rings (SSSR count). The van der Waals surface area contributed by atoms with Gasteiger partial charge >= 0.3 is 6.09 Å². The molecule has 0 bridgehead atoms. The number of hydrogen-bond donors (Lipinski definition) is 3. The standard InChI is InChI=1S/C24H37N3O4S/c1-16-10-9-11-17(14-16)20(21(28)25-18-12-7-6-8-13-18)27(5)22(29)19(15-32)26-23(30)31-24(2,3)4/h9-11,14,18-20,32H,6-8,12-13,15H2,1-5H3,(H,25,28)(H,26,30). The molecule has 1 aromatic rings. The molecule has 1 aliphatic rings. The van der Waals surface area contributed by atoms with E-state index in [4.69, 9.17) is 4.74 Å². The molecule has 3 amide bonds. The minimum atomic E-state index is -0.923. The van der Waals surface area contributed by atoms with Gasteiger partial charge in [-0.1, -0.05) is 49.1 Å². The summed E-state index contributed by atoms with van der Waals surface area (Å²) < 4.78 is 5.27. The van der Waals surface area contributed by atoms with Gasteiger partial charge in [0.05, 0.1) is 0 Å². The Morgan fingerprint density at radius 1 is 1.19 bits per heavy atom. The molecule has 178 valence electrons. The Balaban J connectivity index is 2.23. The van der Waals surface area contributed by atoms with Crippen molar-refractivity contribution >= 4 is 30.5 Å². The molecule has 1 aliphatic carbocycles. The quantitative estimate of drug-likeness (QED) is 0.537. The maximum atomic E-state index is 13.4. The van der Waals surface area contributed by atoms with Crippen LogP contribution in [-0.2, 0) is 14.3 Å². The van der Waals surface area contributed by atoms with Gasteiger partial charge in [0.15, 0.2) is 0 Å². The lowest BCUT2D eigenvalue weighted by molar-refractivity contribution is -0.140. The summed E-state index contributed by atoms with van der Waals surface area (Å²) in [5.41, 5.74) is 1.03. The number of carbonyl (C=O) groups is 3. The van der Waals surface area contributed by atoms with Crippen LogP contribution in [0.2, 0.25) is 0 Å². The summed E-state index contributed by atoms with van der Waals surface area (Å²) in [6.07, 6.45) is 4.57. The Morgan fingerprint density at radius 2 is 1.84 bits per heavy atom. The van der Waals surface area contributed by atoms with Gasteiger partial charge in [0.25, 0.3) is 0 Å². The molecule has 0 radical (unpaired) electrons. The van der Waals surface area contributed by atoms with E-state index in [9.17, 15) is 14.4 Å². The minimum Gasteiger partial charge on any atom is -0.444 e. The molecule has 0 heterocycles. The van der Waals surface area contributed by atoms with Crippen LogP contribution in [0.5, 0.6) is 0 Å². The second-order valence-corrected chi connectivity index (χ2v) is 9.86. The number of alkyl carbamates (subject to hydrolysis) is 1. The Morgan fingerprint density at radius 3 is 2.41 bits per heavy atom. The zero-order chi connectivity index (χ0) is 23.9. The average Bonchev–Trinajstić information content (AvgIpc) is 2.71. The van der Waals surface area contributed by atoms with Crippen molar-refractivity contribution in [3.8, 4) is 0 Å². The minimum absolute atomic E-state index is 0.0766. The highest BCUT2D eigenvalue weighted by Crippen LogP contribution is 2.24. The average molecular weight is 464 g/mol. The third-order valence-electron chi connectivity index (χ3n) is 5.46. The summed E-state index contributed by atoms with van der Waals surface area (Å²) in [5.74, 6) is -0.544. The molecule has 32 heavy (non-hydrogen) atoms. The summed E-state index contributed by atoms with van der Waals surface area (Å²) in [7, 11) is 1.59.